The van der Waals surface area contributed by atoms with Crippen LogP contribution in [0.15, 0.2) is 28.7 Å². The molecule has 0 saturated heterocycles. The fourth-order valence-corrected chi connectivity index (χ4v) is 2.09. The third kappa shape index (κ3) is 3.48. The van der Waals surface area contributed by atoms with Gasteiger partial charge in [-0.15, -0.1) is 0 Å². The van der Waals surface area contributed by atoms with Gasteiger partial charge in [0.05, 0.1) is 11.1 Å². The van der Waals surface area contributed by atoms with Gasteiger partial charge in [0.1, 0.15) is 5.75 Å². The van der Waals surface area contributed by atoms with Crippen molar-refractivity contribution in [3.63, 3.8) is 0 Å². The number of para-hydroxylation sites is 1. The number of hydrogen-bond acceptors (Lipinski definition) is 3. The van der Waals surface area contributed by atoms with Gasteiger partial charge >= 0.3 is 5.97 Å². The van der Waals surface area contributed by atoms with E-state index in [0.717, 1.165) is 10.9 Å². The Kier molecular flexibility index (Phi) is 4.27. The highest BCUT2D eigenvalue weighted by Gasteiger charge is 2.34. The van der Waals surface area contributed by atoms with Crippen molar-refractivity contribution in [3.8, 4) is 5.75 Å². The van der Waals surface area contributed by atoms with Crippen molar-refractivity contribution in [2.75, 3.05) is 6.61 Å². The van der Waals surface area contributed by atoms with Gasteiger partial charge in [-0.2, -0.15) is 0 Å². The maximum atomic E-state index is 11.7. The van der Waals surface area contributed by atoms with Crippen molar-refractivity contribution in [1.29, 1.82) is 0 Å². The fraction of sp³-hybridized carbons (Fsp3) is 0.500. The summed E-state index contributed by atoms with van der Waals surface area (Å²) in [5.41, 5.74) is 0. The summed E-state index contributed by atoms with van der Waals surface area (Å²) in [5.74, 6) is 1.59. The van der Waals surface area contributed by atoms with Crippen LogP contribution in [0, 0.1) is 11.8 Å². The molecule has 1 aliphatic carbocycles. The summed E-state index contributed by atoms with van der Waals surface area (Å²) in [7, 11) is 0. The molecule has 0 spiro atoms. The van der Waals surface area contributed by atoms with Crippen LogP contribution in [-0.2, 0) is 9.53 Å². The van der Waals surface area contributed by atoms with Crippen LogP contribution in [0.25, 0.3) is 0 Å². The average molecular weight is 313 g/mol. The molecule has 0 aliphatic heterocycles. The van der Waals surface area contributed by atoms with E-state index < -0.39 is 6.10 Å². The van der Waals surface area contributed by atoms with E-state index in [0.29, 0.717) is 24.2 Å². The number of carbonyl (C=O) groups excluding carboxylic acids is 1. The lowest BCUT2D eigenvalue weighted by Gasteiger charge is -2.14. The third-order valence-electron chi connectivity index (χ3n) is 3.19. The van der Waals surface area contributed by atoms with Crippen molar-refractivity contribution in [3.05, 3.63) is 28.7 Å². The average Bonchev–Trinajstić information content (AvgIpc) is 3.05. The molecule has 3 unspecified atom stereocenters. The molecule has 0 aromatic heterocycles. The van der Waals surface area contributed by atoms with Crippen molar-refractivity contribution >= 4 is 21.9 Å². The molecular weight excluding hydrogens is 296 g/mol. The Bertz CT molecular complexity index is 433. The smallest absolute Gasteiger partial charge is 0.347 e. The molecule has 18 heavy (non-hydrogen) atoms. The number of esters is 1. The topological polar surface area (TPSA) is 35.5 Å². The van der Waals surface area contributed by atoms with Gasteiger partial charge in [-0.3, -0.25) is 0 Å². The number of rotatable bonds is 5. The lowest BCUT2D eigenvalue weighted by atomic mass is 10.3. The summed E-state index contributed by atoms with van der Waals surface area (Å²) >= 11 is 3.38. The van der Waals surface area contributed by atoms with Crippen LogP contribution in [0.2, 0.25) is 0 Å². The molecule has 0 bridgehead atoms. The van der Waals surface area contributed by atoms with E-state index in [1.165, 1.54) is 0 Å². The van der Waals surface area contributed by atoms with Crippen molar-refractivity contribution in [2.24, 2.45) is 11.8 Å². The van der Waals surface area contributed by atoms with E-state index in [-0.39, 0.29) is 5.97 Å². The van der Waals surface area contributed by atoms with Gasteiger partial charge in [-0.1, -0.05) is 19.1 Å². The Labute approximate surface area is 116 Å². The van der Waals surface area contributed by atoms with Gasteiger partial charge < -0.3 is 9.47 Å². The molecule has 1 aliphatic rings. The molecule has 1 saturated carbocycles. The molecule has 0 radical (unpaired) electrons. The SMILES string of the molecule is CC(Oc1ccccc1Br)C(=O)OCC1CC1C. The van der Waals surface area contributed by atoms with E-state index in [1.807, 2.05) is 24.3 Å². The van der Waals surface area contributed by atoms with Crippen LogP contribution in [-0.4, -0.2) is 18.7 Å². The fourth-order valence-electron chi connectivity index (χ4n) is 1.72. The molecule has 2 rings (SSSR count). The molecule has 98 valence electrons. The number of hydrogen-bond donors (Lipinski definition) is 0. The highest BCUT2D eigenvalue weighted by atomic mass is 79.9. The summed E-state index contributed by atoms with van der Waals surface area (Å²) < 4.78 is 11.6. The van der Waals surface area contributed by atoms with Crippen LogP contribution in [0.3, 0.4) is 0 Å². The van der Waals surface area contributed by atoms with Gasteiger partial charge in [0.2, 0.25) is 0 Å². The predicted octanol–water partition coefficient (Wildman–Crippen LogP) is 3.42. The first-order valence-electron chi connectivity index (χ1n) is 6.15. The minimum Gasteiger partial charge on any atom is -0.478 e. The van der Waals surface area contributed by atoms with E-state index >= 15 is 0 Å². The second-order valence-corrected chi connectivity index (χ2v) is 5.65. The normalized spacial score (nSPS) is 23.3. The second kappa shape index (κ2) is 5.74. The molecule has 1 aromatic carbocycles. The number of benzene rings is 1. The van der Waals surface area contributed by atoms with Crippen molar-refractivity contribution in [2.45, 2.75) is 26.4 Å². The zero-order chi connectivity index (χ0) is 13.1. The lowest BCUT2D eigenvalue weighted by Crippen LogP contribution is -2.27. The van der Waals surface area contributed by atoms with Gasteiger partial charge in [0.15, 0.2) is 6.10 Å². The first kappa shape index (κ1) is 13.4. The highest BCUT2D eigenvalue weighted by Crippen LogP contribution is 2.37. The molecule has 1 fully saturated rings. The number of ether oxygens (including phenoxy) is 2. The first-order valence-corrected chi connectivity index (χ1v) is 6.95. The van der Waals surface area contributed by atoms with Gasteiger partial charge in [-0.25, -0.2) is 4.79 Å². The van der Waals surface area contributed by atoms with Crippen LogP contribution >= 0.6 is 15.9 Å². The molecule has 1 aromatic rings. The molecule has 3 nitrogen and oxygen atoms in total. The maximum Gasteiger partial charge on any atom is 0.347 e. The lowest BCUT2D eigenvalue weighted by molar-refractivity contribution is -0.151. The summed E-state index contributed by atoms with van der Waals surface area (Å²) in [4.78, 5) is 11.7. The second-order valence-electron chi connectivity index (χ2n) is 4.79. The molecule has 0 N–H and O–H groups in total. The number of halogens is 1. The Balaban J connectivity index is 1.81. The molecule has 3 atom stereocenters. The van der Waals surface area contributed by atoms with Gasteiger partial charge in [-0.05, 0) is 53.2 Å². The quantitative estimate of drug-likeness (QED) is 0.782. The van der Waals surface area contributed by atoms with Gasteiger partial charge in [0.25, 0.3) is 0 Å². The van der Waals surface area contributed by atoms with E-state index in [2.05, 4.69) is 22.9 Å². The van der Waals surface area contributed by atoms with Crippen LogP contribution in [0.1, 0.15) is 20.3 Å². The Hall–Kier alpha value is -1.03. The highest BCUT2D eigenvalue weighted by molar-refractivity contribution is 9.10. The largest absolute Gasteiger partial charge is 0.478 e. The summed E-state index contributed by atoms with van der Waals surface area (Å²) in [5, 5.41) is 0. The minimum atomic E-state index is -0.585. The Morgan fingerprint density at radius 2 is 2.17 bits per heavy atom. The zero-order valence-electron chi connectivity index (χ0n) is 10.6. The summed E-state index contributed by atoms with van der Waals surface area (Å²) in [6, 6.07) is 7.45. The van der Waals surface area contributed by atoms with Crippen LogP contribution < -0.4 is 4.74 Å². The molecule has 0 heterocycles. The standard InChI is InChI=1S/C14H17BrO3/c1-9-7-11(9)8-17-14(16)10(2)18-13-6-4-3-5-12(13)15/h3-6,9-11H,7-8H2,1-2H3. The van der Waals surface area contributed by atoms with Crippen molar-refractivity contribution < 1.29 is 14.3 Å². The molecule has 0 amide bonds. The number of carbonyl (C=O) groups is 1. The van der Waals surface area contributed by atoms with E-state index in [1.54, 1.807) is 6.92 Å². The van der Waals surface area contributed by atoms with Crippen LogP contribution in [0.4, 0.5) is 0 Å². The first-order chi connectivity index (χ1) is 8.58. The predicted molar refractivity (Wildman–Crippen MR) is 72.5 cm³/mol. The van der Waals surface area contributed by atoms with Crippen molar-refractivity contribution in [1.82, 2.24) is 0 Å². The Morgan fingerprint density at radius 1 is 1.50 bits per heavy atom. The zero-order valence-corrected chi connectivity index (χ0v) is 12.1. The third-order valence-corrected chi connectivity index (χ3v) is 3.84. The van der Waals surface area contributed by atoms with Crippen LogP contribution in [0.5, 0.6) is 5.75 Å². The maximum absolute atomic E-state index is 11.7. The van der Waals surface area contributed by atoms with E-state index in [4.69, 9.17) is 9.47 Å². The molecular formula is C14H17BrO3. The Morgan fingerprint density at radius 3 is 2.78 bits per heavy atom. The molecule has 4 heteroatoms. The van der Waals surface area contributed by atoms with Gasteiger partial charge in [0, 0.05) is 0 Å². The van der Waals surface area contributed by atoms with E-state index in [9.17, 15) is 4.79 Å². The summed E-state index contributed by atoms with van der Waals surface area (Å²) in [6.07, 6.45) is 0.574. The minimum absolute atomic E-state index is 0.301. The monoisotopic (exact) mass is 312 g/mol. The summed E-state index contributed by atoms with van der Waals surface area (Å²) in [6.45, 7) is 4.39.